The Morgan fingerprint density at radius 3 is 3.00 bits per heavy atom. The van der Waals surface area contributed by atoms with Crippen LogP contribution >= 0.6 is 0 Å². The summed E-state index contributed by atoms with van der Waals surface area (Å²) >= 11 is 0. The van der Waals surface area contributed by atoms with Gasteiger partial charge in [-0.1, -0.05) is 18.2 Å². The number of nitrogens with two attached hydrogens (primary N) is 1. The van der Waals surface area contributed by atoms with E-state index in [0.717, 1.165) is 18.4 Å². The van der Waals surface area contributed by atoms with Crippen LogP contribution < -0.4 is 16.2 Å². The lowest BCUT2D eigenvalue weighted by Gasteiger charge is -2.08. The first-order valence-electron chi connectivity index (χ1n) is 6.93. The quantitative estimate of drug-likeness (QED) is 0.885. The lowest BCUT2D eigenvalue weighted by Crippen LogP contribution is -2.18. The predicted molar refractivity (Wildman–Crippen MR) is 80.2 cm³/mol. The first kappa shape index (κ1) is 13.4. The molecule has 7 nitrogen and oxygen atoms in total. The highest BCUT2D eigenvalue weighted by Crippen LogP contribution is 2.19. The molecule has 110 valence electrons. The van der Waals surface area contributed by atoms with E-state index in [2.05, 4.69) is 27.1 Å². The van der Waals surface area contributed by atoms with Crippen molar-refractivity contribution in [3.8, 4) is 6.01 Å². The third-order valence-corrected chi connectivity index (χ3v) is 3.32. The molecular weight excluding hydrogens is 270 g/mol. The lowest BCUT2D eigenvalue weighted by atomic mass is 10.1. The van der Waals surface area contributed by atoms with E-state index in [-0.39, 0.29) is 17.5 Å². The molecule has 1 aliphatic carbocycles. The van der Waals surface area contributed by atoms with Crippen LogP contribution in [0.3, 0.4) is 0 Å². The summed E-state index contributed by atoms with van der Waals surface area (Å²) in [7, 11) is 0. The van der Waals surface area contributed by atoms with Crippen molar-refractivity contribution in [3.63, 3.8) is 0 Å². The zero-order chi connectivity index (χ0) is 14.8. The normalized spacial score (nSPS) is 14.4. The SMILES string of the molecule is CCOc1nc(N)c2[nH]c(=O)n(CC3=CCCC=C3)c2n1. The van der Waals surface area contributed by atoms with Crippen molar-refractivity contribution in [1.82, 2.24) is 19.5 Å². The molecule has 0 aliphatic heterocycles. The molecule has 0 spiro atoms. The average molecular weight is 287 g/mol. The van der Waals surface area contributed by atoms with Gasteiger partial charge in [0.1, 0.15) is 5.52 Å². The van der Waals surface area contributed by atoms with Crippen molar-refractivity contribution in [3.05, 3.63) is 34.3 Å². The zero-order valence-electron chi connectivity index (χ0n) is 11.8. The highest BCUT2D eigenvalue weighted by molar-refractivity contribution is 5.81. The van der Waals surface area contributed by atoms with E-state index in [9.17, 15) is 4.79 Å². The molecule has 0 unspecified atom stereocenters. The molecule has 0 amide bonds. The molecule has 3 N–H and O–H groups in total. The molecule has 3 rings (SSSR count). The predicted octanol–water partition coefficient (Wildman–Crippen LogP) is 1.38. The monoisotopic (exact) mass is 287 g/mol. The summed E-state index contributed by atoms with van der Waals surface area (Å²) in [5, 5.41) is 0. The van der Waals surface area contributed by atoms with E-state index in [1.165, 1.54) is 0 Å². The topological polar surface area (TPSA) is 98.8 Å². The van der Waals surface area contributed by atoms with Gasteiger partial charge in [0.25, 0.3) is 0 Å². The molecule has 0 aromatic carbocycles. The lowest BCUT2D eigenvalue weighted by molar-refractivity contribution is 0.314. The van der Waals surface area contributed by atoms with E-state index in [1.54, 1.807) is 4.57 Å². The summed E-state index contributed by atoms with van der Waals surface area (Å²) in [4.78, 5) is 23.1. The fraction of sp³-hybridized carbons (Fsp3) is 0.357. The van der Waals surface area contributed by atoms with Crippen molar-refractivity contribution >= 4 is 17.0 Å². The average Bonchev–Trinajstić information content (AvgIpc) is 2.78. The smallest absolute Gasteiger partial charge is 0.328 e. The summed E-state index contributed by atoms with van der Waals surface area (Å²) < 4.78 is 6.84. The number of aromatic amines is 1. The van der Waals surface area contributed by atoms with Gasteiger partial charge in [-0.25, -0.2) is 4.79 Å². The fourth-order valence-electron chi connectivity index (χ4n) is 2.34. The number of allylic oxidation sites excluding steroid dienone is 4. The Morgan fingerprint density at radius 2 is 2.29 bits per heavy atom. The van der Waals surface area contributed by atoms with Crippen LogP contribution in [-0.4, -0.2) is 26.1 Å². The molecule has 21 heavy (non-hydrogen) atoms. The second-order valence-corrected chi connectivity index (χ2v) is 4.80. The van der Waals surface area contributed by atoms with Gasteiger partial charge in [-0.15, -0.1) is 0 Å². The first-order chi connectivity index (χ1) is 10.2. The van der Waals surface area contributed by atoms with Crippen LogP contribution in [0.2, 0.25) is 0 Å². The van der Waals surface area contributed by atoms with Crippen LogP contribution in [0.4, 0.5) is 5.82 Å². The summed E-state index contributed by atoms with van der Waals surface area (Å²) in [6, 6.07) is 0.184. The summed E-state index contributed by atoms with van der Waals surface area (Å²) in [6.07, 6.45) is 8.28. The number of aromatic nitrogens is 4. The number of H-pyrrole nitrogens is 1. The van der Waals surface area contributed by atoms with Crippen LogP contribution in [0.1, 0.15) is 19.8 Å². The minimum absolute atomic E-state index is 0.184. The standard InChI is InChI=1S/C14H17N5O2/c1-2-21-13-17-11(15)10-12(18-13)19(14(20)16-10)8-9-6-4-3-5-7-9/h4,6-7H,2-3,5,8H2,1H3,(H,16,20)(H2,15,17,18). The maximum Gasteiger partial charge on any atom is 0.328 e. The van der Waals surface area contributed by atoms with Crippen LogP contribution in [0.25, 0.3) is 11.2 Å². The van der Waals surface area contributed by atoms with Crippen LogP contribution in [0.15, 0.2) is 28.6 Å². The fourth-order valence-corrected chi connectivity index (χ4v) is 2.34. The van der Waals surface area contributed by atoms with E-state index in [1.807, 2.05) is 13.0 Å². The third kappa shape index (κ3) is 2.54. The zero-order valence-corrected chi connectivity index (χ0v) is 11.8. The van der Waals surface area contributed by atoms with Gasteiger partial charge < -0.3 is 15.5 Å². The highest BCUT2D eigenvalue weighted by Gasteiger charge is 2.15. The Kier molecular flexibility index (Phi) is 3.47. The molecule has 2 aromatic heterocycles. The number of anilines is 1. The second-order valence-electron chi connectivity index (χ2n) is 4.80. The van der Waals surface area contributed by atoms with Gasteiger partial charge in [-0.2, -0.15) is 9.97 Å². The molecule has 0 fully saturated rings. The molecule has 0 saturated heterocycles. The molecule has 0 radical (unpaired) electrons. The van der Waals surface area contributed by atoms with E-state index in [0.29, 0.717) is 24.3 Å². The molecule has 2 heterocycles. The first-order valence-corrected chi connectivity index (χ1v) is 6.93. The molecule has 0 atom stereocenters. The molecular formula is C14H17N5O2. The number of nitrogen functional groups attached to an aromatic ring is 1. The Labute approximate surface area is 121 Å². The largest absolute Gasteiger partial charge is 0.464 e. The van der Waals surface area contributed by atoms with Gasteiger partial charge in [-0.05, 0) is 25.3 Å². The van der Waals surface area contributed by atoms with Gasteiger partial charge in [0, 0.05) is 0 Å². The van der Waals surface area contributed by atoms with E-state index < -0.39 is 0 Å². The van der Waals surface area contributed by atoms with Gasteiger partial charge in [0.15, 0.2) is 11.5 Å². The maximum absolute atomic E-state index is 12.1. The number of hydrogen-bond donors (Lipinski definition) is 2. The maximum atomic E-state index is 12.1. The molecule has 0 bridgehead atoms. The van der Waals surface area contributed by atoms with Gasteiger partial charge in [0.2, 0.25) is 0 Å². The van der Waals surface area contributed by atoms with Crippen molar-refractivity contribution < 1.29 is 4.74 Å². The number of hydrogen-bond acceptors (Lipinski definition) is 5. The van der Waals surface area contributed by atoms with Crippen LogP contribution in [0.5, 0.6) is 6.01 Å². The van der Waals surface area contributed by atoms with E-state index >= 15 is 0 Å². The third-order valence-electron chi connectivity index (χ3n) is 3.32. The Hall–Kier alpha value is -2.57. The summed E-state index contributed by atoms with van der Waals surface area (Å²) in [6.45, 7) is 2.73. The summed E-state index contributed by atoms with van der Waals surface area (Å²) in [5.41, 5.74) is 7.61. The second kappa shape index (κ2) is 5.43. The van der Waals surface area contributed by atoms with Crippen LogP contribution in [0, 0.1) is 0 Å². The van der Waals surface area contributed by atoms with Crippen LogP contribution in [-0.2, 0) is 6.54 Å². The summed E-state index contributed by atoms with van der Waals surface area (Å²) in [5.74, 6) is 0.215. The number of rotatable bonds is 4. The molecule has 0 saturated carbocycles. The minimum atomic E-state index is -0.250. The van der Waals surface area contributed by atoms with Crippen molar-refractivity contribution in [1.29, 1.82) is 0 Å². The minimum Gasteiger partial charge on any atom is -0.464 e. The Morgan fingerprint density at radius 1 is 1.43 bits per heavy atom. The van der Waals surface area contributed by atoms with Crippen molar-refractivity contribution in [2.24, 2.45) is 0 Å². The van der Waals surface area contributed by atoms with Gasteiger partial charge in [0.05, 0.1) is 13.2 Å². The number of imidazole rings is 1. The number of fused-ring (bicyclic) bond motifs is 1. The number of nitrogens with one attached hydrogen (secondary N) is 1. The molecule has 1 aliphatic rings. The Balaban J connectivity index is 2.08. The molecule has 2 aromatic rings. The number of nitrogens with zero attached hydrogens (tertiary/aromatic N) is 3. The highest BCUT2D eigenvalue weighted by atomic mass is 16.5. The van der Waals surface area contributed by atoms with Gasteiger partial charge in [-0.3, -0.25) is 4.57 Å². The number of ether oxygens (including phenoxy) is 1. The van der Waals surface area contributed by atoms with E-state index in [4.69, 9.17) is 10.5 Å². The Bertz CT molecular complexity index is 784. The van der Waals surface area contributed by atoms with Crippen molar-refractivity contribution in [2.75, 3.05) is 12.3 Å². The van der Waals surface area contributed by atoms with Gasteiger partial charge >= 0.3 is 11.7 Å². The molecule has 7 heteroatoms. The van der Waals surface area contributed by atoms with Crippen molar-refractivity contribution in [2.45, 2.75) is 26.3 Å².